The monoisotopic (exact) mass is 414 g/mol. The minimum absolute atomic E-state index is 0.353. The van der Waals surface area contributed by atoms with Crippen LogP contribution in [0.2, 0.25) is 0 Å². The number of hydrogen-bond donors (Lipinski definition) is 1. The molecule has 2 nitrogen and oxygen atoms in total. The molecule has 3 rings (SSSR count). The minimum atomic E-state index is 0.353. The summed E-state index contributed by atoms with van der Waals surface area (Å²) in [7, 11) is 0. The molecular formula is C15H16Br2N2S. The van der Waals surface area contributed by atoms with Gasteiger partial charge in [-0.15, -0.1) is 11.3 Å². The molecule has 1 atom stereocenters. The molecule has 1 aliphatic rings. The first-order valence-electron chi connectivity index (χ1n) is 6.69. The largest absolute Gasteiger partial charge is 0.314 e. The molecule has 1 aliphatic heterocycles. The lowest BCUT2D eigenvalue weighted by atomic mass is 10.0. The zero-order valence-electron chi connectivity index (χ0n) is 11.0. The highest BCUT2D eigenvalue weighted by Gasteiger charge is 2.25. The topological polar surface area (TPSA) is 15.3 Å². The quantitative estimate of drug-likeness (QED) is 0.805. The van der Waals surface area contributed by atoms with Crippen LogP contribution in [0.5, 0.6) is 0 Å². The van der Waals surface area contributed by atoms with Crippen LogP contribution in [0.1, 0.15) is 16.5 Å². The van der Waals surface area contributed by atoms with Crippen molar-refractivity contribution in [3.8, 4) is 0 Å². The summed E-state index contributed by atoms with van der Waals surface area (Å²) in [5, 5.41) is 3.43. The van der Waals surface area contributed by atoms with E-state index in [2.05, 4.69) is 78.5 Å². The Balaban J connectivity index is 1.98. The van der Waals surface area contributed by atoms with Gasteiger partial charge in [-0.2, -0.15) is 0 Å². The van der Waals surface area contributed by atoms with Gasteiger partial charge in [0.2, 0.25) is 0 Å². The maximum absolute atomic E-state index is 3.60. The highest BCUT2D eigenvalue weighted by atomic mass is 79.9. The van der Waals surface area contributed by atoms with Crippen LogP contribution in [-0.2, 0) is 0 Å². The smallest absolute Gasteiger partial charge is 0.0702 e. The Morgan fingerprint density at radius 1 is 1.10 bits per heavy atom. The molecule has 2 aromatic rings. The predicted octanol–water partition coefficient (Wildman–Crippen LogP) is 4.27. The number of halogens is 2. The van der Waals surface area contributed by atoms with Crippen LogP contribution >= 0.6 is 43.2 Å². The van der Waals surface area contributed by atoms with E-state index in [9.17, 15) is 0 Å². The normalized spacial score (nSPS) is 18.1. The Labute approximate surface area is 140 Å². The van der Waals surface area contributed by atoms with Crippen LogP contribution in [0.4, 0.5) is 0 Å². The van der Waals surface area contributed by atoms with E-state index >= 15 is 0 Å². The molecule has 1 unspecified atom stereocenters. The lowest BCUT2D eigenvalue weighted by molar-refractivity contribution is 0.200. The molecule has 1 N–H and O–H groups in total. The average Bonchev–Trinajstić information content (AvgIpc) is 2.87. The summed E-state index contributed by atoms with van der Waals surface area (Å²) in [6, 6.07) is 13.4. The summed E-state index contributed by atoms with van der Waals surface area (Å²) in [4.78, 5) is 3.97. The van der Waals surface area contributed by atoms with Gasteiger partial charge < -0.3 is 5.32 Å². The third kappa shape index (κ3) is 3.34. The Bertz CT molecular complexity index is 579. The number of nitrogens with zero attached hydrogens (tertiary/aromatic N) is 1. The summed E-state index contributed by atoms with van der Waals surface area (Å²) < 4.78 is 2.34. The van der Waals surface area contributed by atoms with Crippen LogP contribution in [0.25, 0.3) is 0 Å². The maximum Gasteiger partial charge on any atom is 0.0702 e. The Morgan fingerprint density at radius 2 is 1.90 bits per heavy atom. The molecule has 106 valence electrons. The second-order valence-electron chi connectivity index (χ2n) is 4.89. The van der Waals surface area contributed by atoms with E-state index in [1.54, 1.807) is 0 Å². The fraction of sp³-hybridized carbons (Fsp3) is 0.333. The van der Waals surface area contributed by atoms with Gasteiger partial charge in [0, 0.05) is 35.5 Å². The molecule has 0 saturated carbocycles. The number of piperazine rings is 1. The van der Waals surface area contributed by atoms with E-state index in [1.165, 1.54) is 14.2 Å². The number of rotatable bonds is 3. The average molecular weight is 416 g/mol. The van der Waals surface area contributed by atoms with Gasteiger partial charge >= 0.3 is 0 Å². The zero-order chi connectivity index (χ0) is 13.9. The Hall–Kier alpha value is -0.200. The molecular weight excluding hydrogens is 400 g/mol. The first-order valence-corrected chi connectivity index (χ1v) is 9.10. The molecule has 0 amide bonds. The van der Waals surface area contributed by atoms with Crippen molar-refractivity contribution in [3.05, 3.63) is 55.1 Å². The molecule has 0 spiro atoms. The molecule has 20 heavy (non-hydrogen) atoms. The van der Waals surface area contributed by atoms with Crippen LogP contribution < -0.4 is 5.32 Å². The second kappa shape index (κ2) is 6.71. The van der Waals surface area contributed by atoms with Crippen molar-refractivity contribution in [1.29, 1.82) is 0 Å². The fourth-order valence-corrected chi connectivity index (χ4v) is 4.65. The van der Waals surface area contributed by atoms with Crippen LogP contribution in [0.3, 0.4) is 0 Å². The van der Waals surface area contributed by atoms with Crippen molar-refractivity contribution >= 4 is 43.2 Å². The van der Waals surface area contributed by atoms with Crippen LogP contribution in [0, 0.1) is 0 Å². The molecule has 1 saturated heterocycles. The number of nitrogens with one attached hydrogen (secondary N) is 1. The highest BCUT2D eigenvalue weighted by Crippen LogP contribution is 2.36. The Kier molecular flexibility index (Phi) is 4.94. The first kappa shape index (κ1) is 14.7. The van der Waals surface area contributed by atoms with Crippen LogP contribution in [0.15, 0.2) is 44.7 Å². The van der Waals surface area contributed by atoms with E-state index in [0.29, 0.717) is 6.04 Å². The van der Waals surface area contributed by atoms with E-state index in [0.717, 1.165) is 30.7 Å². The summed E-state index contributed by atoms with van der Waals surface area (Å²) in [6.07, 6.45) is 0. The van der Waals surface area contributed by atoms with E-state index in [-0.39, 0.29) is 0 Å². The van der Waals surface area contributed by atoms with Crippen molar-refractivity contribution in [2.45, 2.75) is 6.04 Å². The number of benzene rings is 1. The third-order valence-corrected chi connectivity index (χ3v) is 5.71. The summed E-state index contributed by atoms with van der Waals surface area (Å²) >= 11 is 9.01. The predicted molar refractivity (Wildman–Crippen MR) is 92.4 cm³/mol. The van der Waals surface area contributed by atoms with E-state index in [4.69, 9.17) is 0 Å². The standard InChI is InChI=1S/C15H16Br2N2S/c16-12-3-1-2-11(10-12)15(13-4-5-14(17)20-13)19-8-6-18-7-9-19/h1-5,10,15,18H,6-9H2. The van der Waals surface area contributed by atoms with Gasteiger partial charge in [0.1, 0.15) is 0 Å². The molecule has 5 heteroatoms. The van der Waals surface area contributed by atoms with Gasteiger partial charge in [0.15, 0.2) is 0 Å². The maximum atomic E-state index is 3.60. The highest BCUT2D eigenvalue weighted by molar-refractivity contribution is 9.11. The van der Waals surface area contributed by atoms with Gasteiger partial charge in [-0.05, 0) is 45.8 Å². The van der Waals surface area contributed by atoms with Gasteiger partial charge in [-0.3, -0.25) is 4.90 Å². The molecule has 1 aromatic heterocycles. The zero-order valence-corrected chi connectivity index (χ0v) is 15.0. The van der Waals surface area contributed by atoms with Crippen molar-refractivity contribution in [1.82, 2.24) is 10.2 Å². The minimum Gasteiger partial charge on any atom is -0.314 e. The molecule has 1 fully saturated rings. The SMILES string of the molecule is Brc1cccc(C(c2ccc(Br)s2)N2CCNCC2)c1. The molecule has 2 heterocycles. The molecule has 0 aliphatic carbocycles. The lowest BCUT2D eigenvalue weighted by Crippen LogP contribution is -2.45. The third-order valence-electron chi connectivity index (χ3n) is 3.54. The van der Waals surface area contributed by atoms with Crippen LogP contribution in [-0.4, -0.2) is 31.1 Å². The second-order valence-corrected chi connectivity index (χ2v) is 8.30. The number of hydrogen-bond acceptors (Lipinski definition) is 3. The van der Waals surface area contributed by atoms with Crippen molar-refractivity contribution < 1.29 is 0 Å². The van der Waals surface area contributed by atoms with E-state index < -0.39 is 0 Å². The number of thiophene rings is 1. The first-order chi connectivity index (χ1) is 9.74. The lowest BCUT2D eigenvalue weighted by Gasteiger charge is -2.34. The van der Waals surface area contributed by atoms with Gasteiger partial charge in [0.25, 0.3) is 0 Å². The summed E-state index contributed by atoms with van der Waals surface area (Å²) in [5.74, 6) is 0. The fourth-order valence-electron chi connectivity index (χ4n) is 2.65. The Morgan fingerprint density at radius 3 is 2.55 bits per heavy atom. The summed E-state index contributed by atoms with van der Waals surface area (Å²) in [6.45, 7) is 4.31. The van der Waals surface area contributed by atoms with Gasteiger partial charge in [-0.1, -0.05) is 28.1 Å². The molecule has 1 aromatic carbocycles. The van der Waals surface area contributed by atoms with Crippen molar-refractivity contribution in [2.24, 2.45) is 0 Å². The van der Waals surface area contributed by atoms with Crippen molar-refractivity contribution in [2.75, 3.05) is 26.2 Å². The van der Waals surface area contributed by atoms with Gasteiger partial charge in [-0.25, -0.2) is 0 Å². The van der Waals surface area contributed by atoms with Gasteiger partial charge in [0.05, 0.1) is 9.83 Å². The van der Waals surface area contributed by atoms with Crippen molar-refractivity contribution in [3.63, 3.8) is 0 Å². The summed E-state index contributed by atoms with van der Waals surface area (Å²) in [5.41, 5.74) is 1.36. The van der Waals surface area contributed by atoms with E-state index in [1.807, 2.05) is 11.3 Å². The molecule has 0 radical (unpaired) electrons. The molecule has 0 bridgehead atoms.